The van der Waals surface area contributed by atoms with E-state index in [9.17, 15) is 4.39 Å². The molecule has 0 fully saturated rings. The molecule has 0 heterocycles. The normalized spacial score (nSPS) is 10.3. The zero-order valence-electron chi connectivity index (χ0n) is 12.0. The van der Waals surface area contributed by atoms with Crippen LogP contribution >= 0.6 is 11.6 Å². The summed E-state index contributed by atoms with van der Waals surface area (Å²) in [5.74, 6) is 1.03. The van der Waals surface area contributed by atoms with Gasteiger partial charge in [0.2, 0.25) is 0 Å². The smallest absolute Gasteiger partial charge is 0.162 e. The molecule has 0 aliphatic heterocycles. The molecule has 0 aromatic heterocycles. The number of methoxy groups -OCH3 is 1. The number of benzene rings is 2. The first-order chi connectivity index (χ1) is 10.1. The molecule has 0 aliphatic rings. The fourth-order valence-electron chi connectivity index (χ4n) is 1.93. The third-order valence-corrected chi connectivity index (χ3v) is 3.19. The molecule has 0 radical (unpaired) electrons. The number of hydrogen-bond donors (Lipinski definition) is 1. The minimum Gasteiger partial charge on any atom is -0.493 e. The highest BCUT2D eigenvalue weighted by molar-refractivity contribution is 6.30. The number of halogens is 2. The van der Waals surface area contributed by atoms with Crippen molar-refractivity contribution in [3.05, 3.63) is 52.8 Å². The van der Waals surface area contributed by atoms with Crippen molar-refractivity contribution in [2.75, 3.05) is 19.0 Å². The maximum Gasteiger partial charge on any atom is 0.162 e. The van der Waals surface area contributed by atoms with E-state index < -0.39 is 0 Å². The Labute approximate surface area is 128 Å². The van der Waals surface area contributed by atoms with E-state index in [-0.39, 0.29) is 5.82 Å². The van der Waals surface area contributed by atoms with Gasteiger partial charge < -0.3 is 14.8 Å². The quantitative estimate of drug-likeness (QED) is 0.852. The molecule has 0 amide bonds. The average Bonchev–Trinajstić information content (AvgIpc) is 2.49. The van der Waals surface area contributed by atoms with Gasteiger partial charge in [-0.25, -0.2) is 4.39 Å². The van der Waals surface area contributed by atoms with Gasteiger partial charge in [-0.15, -0.1) is 0 Å². The molecule has 0 unspecified atom stereocenters. The first kappa shape index (κ1) is 15.4. The second-order valence-corrected chi connectivity index (χ2v) is 4.82. The minimum absolute atomic E-state index is 0.287. The molecule has 0 aliphatic carbocycles. The standard InChI is InChI=1S/C16H17ClFNO2/c1-3-21-15-7-5-13(9-16(15)20-2)19-10-11-8-12(17)4-6-14(11)18/h4-9,19H,3,10H2,1-2H3. The molecule has 0 atom stereocenters. The molecule has 0 saturated heterocycles. The van der Waals surface area contributed by atoms with Crippen molar-refractivity contribution in [1.29, 1.82) is 0 Å². The van der Waals surface area contributed by atoms with Crippen molar-refractivity contribution in [2.45, 2.75) is 13.5 Å². The Morgan fingerprint density at radius 2 is 1.95 bits per heavy atom. The summed E-state index contributed by atoms with van der Waals surface area (Å²) in [4.78, 5) is 0. The summed E-state index contributed by atoms with van der Waals surface area (Å²) in [7, 11) is 1.58. The van der Waals surface area contributed by atoms with Gasteiger partial charge in [0.25, 0.3) is 0 Å². The maximum absolute atomic E-state index is 13.6. The summed E-state index contributed by atoms with van der Waals surface area (Å²) in [6.45, 7) is 2.81. The van der Waals surface area contributed by atoms with E-state index in [1.165, 1.54) is 12.1 Å². The zero-order valence-corrected chi connectivity index (χ0v) is 12.7. The number of rotatable bonds is 6. The Balaban J connectivity index is 2.11. The van der Waals surface area contributed by atoms with E-state index in [2.05, 4.69) is 5.32 Å². The first-order valence-corrected chi connectivity index (χ1v) is 7.00. The molecule has 112 valence electrons. The van der Waals surface area contributed by atoms with Crippen LogP contribution in [-0.2, 0) is 6.54 Å². The third-order valence-electron chi connectivity index (χ3n) is 2.95. The second-order valence-electron chi connectivity index (χ2n) is 4.39. The van der Waals surface area contributed by atoms with Gasteiger partial charge in [0.05, 0.1) is 13.7 Å². The van der Waals surface area contributed by atoms with Gasteiger partial charge in [-0.2, -0.15) is 0 Å². The molecule has 3 nitrogen and oxygen atoms in total. The lowest BCUT2D eigenvalue weighted by Crippen LogP contribution is -2.03. The molecule has 0 bridgehead atoms. The molecule has 2 aromatic rings. The van der Waals surface area contributed by atoms with Crippen molar-refractivity contribution < 1.29 is 13.9 Å². The summed E-state index contributed by atoms with van der Waals surface area (Å²) in [5, 5.41) is 3.65. The average molecular weight is 310 g/mol. The molecule has 2 rings (SSSR count). The molecule has 0 spiro atoms. The van der Waals surface area contributed by atoms with Crippen LogP contribution in [0.3, 0.4) is 0 Å². The van der Waals surface area contributed by atoms with Crippen molar-refractivity contribution in [3.8, 4) is 11.5 Å². The van der Waals surface area contributed by atoms with E-state index in [4.69, 9.17) is 21.1 Å². The highest BCUT2D eigenvalue weighted by Crippen LogP contribution is 2.30. The highest BCUT2D eigenvalue weighted by Gasteiger charge is 2.07. The second kappa shape index (κ2) is 7.18. The minimum atomic E-state index is -0.287. The van der Waals surface area contributed by atoms with Gasteiger partial charge in [-0.05, 0) is 37.3 Å². The van der Waals surface area contributed by atoms with Crippen LogP contribution in [0.5, 0.6) is 11.5 Å². The van der Waals surface area contributed by atoms with Gasteiger partial charge in [0.1, 0.15) is 5.82 Å². The van der Waals surface area contributed by atoms with Crippen LogP contribution in [-0.4, -0.2) is 13.7 Å². The van der Waals surface area contributed by atoms with Crippen molar-refractivity contribution >= 4 is 17.3 Å². The number of nitrogens with one attached hydrogen (secondary N) is 1. The zero-order chi connectivity index (χ0) is 15.2. The lowest BCUT2D eigenvalue weighted by atomic mass is 10.2. The fourth-order valence-corrected chi connectivity index (χ4v) is 2.12. The number of hydrogen-bond acceptors (Lipinski definition) is 3. The van der Waals surface area contributed by atoms with E-state index in [1.807, 2.05) is 25.1 Å². The van der Waals surface area contributed by atoms with Crippen LogP contribution in [0, 0.1) is 5.82 Å². The summed E-state index contributed by atoms with van der Waals surface area (Å²) < 4.78 is 24.4. The van der Waals surface area contributed by atoms with Crippen LogP contribution in [0.1, 0.15) is 12.5 Å². The van der Waals surface area contributed by atoms with Crippen molar-refractivity contribution in [2.24, 2.45) is 0 Å². The van der Waals surface area contributed by atoms with Crippen LogP contribution < -0.4 is 14.8 Å². The Hall–Kier alpha value is -1.94. The monoisotopic (exact) mass is 309 g/mol. The van der Waals surface area contributed by atoms with Crippen molar-refractivity contribution in [3.63, 3.8) is 0 Å². The topological polar surface area (TPSA) is 30.5 Å². The Kier molecular flexibility index (Phi) is 5.28. The number of ether oxygens (including phenoxy) is 2. The summed E-state index contributed by atoms with van der Waals surface area (Å²) >= 11 is 5.87. The van der Waals surface area contributed by atoms with Crippen LogP contribution in [0.15, 0.2) is 36.4 Å². The van der Waals surface area contributed by atoms with Gasteiger partial charge in [-0.3, -0.25) is 0 Å². The lowest BCUT2D eigenvalue weighted by Gasteiger charge is -2.12. The third kappa shape index (κ3) is 4.02. The Bertz CT molecular complexity index is 619. The van der Waals surface area contributed by atoms with E-state index in [0.29, 0.717) is 35.2 Å². The van der Waals surface area contributed by atoms with Gasteiger partial charge in [0, 0.05) is 28.9 Å². The largest absolute Gasteiger partial charge is 0.493 e. The van der Waals surface area contributed by atoms with Gasteiger partial charge in [0.15, 0.2) is 11.5 Å². The summed E-state index contributed by atoms with van der Waals surface area (Å²) in [6.07, 6.45) is 0. The number of anilines is 1. The molecular formula is C16H17ClFNO2. The van der Waals surface area contributed by atoms with Crippen LogP contribution in [0.2, 0.25) is 5.02 Å². The predicted molar refractivity (Wildman–Crippen MR) is 82.9 cm³/mol. The van der Waals surface area contributed by atoms with E-state index >= 15 is 0 Å². The maximum atomic E-state index is 13.6. The van der Waals surface area contributed by atoms with Crippen LogP contribution in [0.4, 0.5) is 10.1 Å². The van der Waals surface area contributed by atoms with E-state index in [1.54, 1.807) is 13.2 Å². The Morgan fingerprint density at radius 3 is 2.67 bits per heavy atom. The molecule has 1 N–H and O–H groups in total. The summed E-state index contributed by atoms with van der Waals surface area (Å²) in [5.41, 5.74) is 1.32. The molecule has 2 aromatic carbocycles. The van der Waals surface area contributed by atoms with Gasteiger partial charge in [-0.1, -0.05) is 11.6 Å². The molecular weight excluding hydrogens is 293 g/mol. The van der Waals surface area contributed by atoms with Gasteiger partial charge >= 0.3 is 0 Å². The highest BCUT2D eigenvalue weighted by atomic mass is 35.5. The first-order valence-electron chi connectivity index (χ1n) is 6.62. The molecule has 0 saturated carbocycles. The predicted octanol–water partition coefficient (Wildman–Crippen LogP) is 4.50. The van der Waals surface area contributed by atoms with E-state index in [0.717, 1.165) is 5.69 Å². The summed E-state index contributed by atoms with van der Waals surface area (Å²) in [6, 6.07) is 9.98. The fraction of sp³-hybridized carbons (Fsp3) is 0.250. The van der Waals surface area contributed by atoms with Crippen LogP contribution in [0.25, 0.3) is 0 Å². The lowest BCUT2D eigenvalue weighted by molar-refractivity contribution is 0.311. The van der Waals surface area contributed by atoms with Crippen molar-refractivity contribution in [1.82, 2.24) is 0 Å². The molecule has 21 heavy (non-hydrogen) atoms. The molecule has 5 heteroatoms. The Morgan fingerprint density at radius 1 is 1.14 bits per heavy atom. The SMILES string of the molecule is CCOc1ccc(NCc2cc(Cl)ccc2F)cc1OC.